The molecular weight excluding hydrogens is 306 g/mol. The molecule has 1 aliphatic heterocycles. The molecule has 6 nitrogen and oxygen atoms in total. The van der Waals surface area contributed by atoms with E-state index in [4.69, 9.17) is 4.74 Å². The highest BCUT2D eigenvalue weighted by Gasteiger charge is 2.45. The largest absolute Gasteiger partial charge is 0.497 e. The summed E-state index contributed by atoms with van der Waals surface area (Å²) in [5.41, 5.74) is 0.296. The van der Waals surface area contributed by atoms with Crippen molar-refractivity contribution < 1.29 is 14.6 Å². The smallest absolute Gasteiger partial charge is 0.277 e. The second-order valence-electron chi connectivity index (χ2n) is 5.59. The average molecular weight is 325 g/mol. The molecular formula is C18H19N3O3. The molecule has 1 atom stereocenters. The summed E-state index contributed by atoms with van der Waals surface area (Å²) in [5.74, 6) is 0.322. The Morgan fingerprint density at radius 3 is 2.50 bits per heavy atom. The molecule has 2 heterocycles. The van der Waals surface area contributed by atoms with Crippen LogP contribution in [0.15, 0.2) is 53.9 Å². The molecule has 0 bridgehead atoms. The fourth-order valence-corrected chi connectivity index (χ4v) is 2.73. The van der Waals surface area contributed by atoms with E-state index >= 15 is 0 Å². The van der Waals surface area contributed by atoms with E-state index in [1.807, 2.05) is 6.92 Å². The van der Waals surface area contributed by atoms with Gasteiger partial charge in [-0.3, -0.25) is 9.78 Å². The molecule has 6 heteroatoms. The predicted octanol–water partition coefficient (Wildman–Crippen LogP) is 2.55. The second-order valence-corrected chi connectivity index (χ2v) is 5.59. The van der Waals surface area contributed by atoms with Crippen LogP contribution in [-0.4, -0.2) is 33.8 Å². The third kappa shape index (κ3) is 2.76. The van der Waals surface area contributed by atoms with Crippen molar-refractivity contribution in [3.8, 4) is 5.75 Å². The fraction of sp³-hybridized carbons (Fsp3) is 0.278. The highest BCUT2D eigenvalue weighted by atomic mass is 16.5. The Hall–Kier alpha value is -2.73. The van der Waals surface area contributed by atoms with Gasteiger partial charge < -0.3 is 9.84 Å². The van der Waals surface area contributed by atoms with Crippen LogP contribution in [0.4, 0.5) is 0 Å². The number of carbonyl (C=O) groups excluding carboxylic acids is 1. The summed E-state index contributed by atoms with van der Waals surface area (Å²) in [5, 5.41) is 16.8. The molecule has 1 aliphatic rings. The third-order valence-electron chi connectivity index (χ3n) is 4.12. The fourth-order valence-electron chi connectivity index (χ4n) is 2.73. The van der Waals surface area contributed by atoms with Crippen LogP contribution in [0.1, 0.15) is 35.7 Å². The number of carbonyl (C=O) groups is 1. The number of methoxy groups -OCH3 is 1. The summed E-state index contributed by atoms with van der Waals surface area (Å²) in [6.45, 7) is 1.95. The number of rotatable bonds is 4. The highest BCUT2D eigenvalue weighted by molar-refractivity contribution is 5.98. The van der Waals surface area contributed by atoms with Gasteiger partial charge >= 0.3 is 0 Å². The molecule has 0 aliphatic carbocycles. The van der Waals surface area contributed by atoms with Crippen LogP contribution in [0, 0.1) is 0 Å². The number of amides is 1. The maximum Gasteiger partial charge on any atom is 0.277 e. The Labute approximate surface area is 140 Å². The van der Waals surface area contributed by atoms with Crippen molar-refractivity contribution in [3.63, 3.8) is 0 Å². The van der Waals surface area contributed by atoms with Gasteiger partial charge in [0.15, 0.2) is 5.72 Å². The molecule has 1 aromatic carbocycles. The lowest BCUT2D eigenvalue weighted by molar-refractivity contribution is -0.0765. The van der Waals surface area contributed by atoms with Gasteiger partial charge in [-0.25, -0.2) is 0 Å². The maximum absolute atomic E-state index is 12.8. The monoisotopic (exact) mass is 325 g/mol. The summed E-state index contributed by atoms with van der Waals surface area (Å²) in [4.78, 5) is 16.7. The van der Waals surface area contributed by atoms with E-state index < -0.39 is 5.72 Å². The van der Waals surface area contributed by atoms with Crippen LogP contribution in [0.25, 0.3) is 0 Å². The highest BCUT2D eigenvalue weighted by Crippen LogP contribution is 2.37. The molecule has 0 fully saturated rings. The zero-order chi connectivity index (χ0) is 17.2. The summed E-state index contributed by atoms with van der Waals surface area (Å²) in [7, 11) is 1.58. The number of ether oxygens (including phenoxy) is 1. The predicted molar refractivity (Wildman–Crippen MR) is 89.6 cm³/mol. The number of hydrazone groups is 1. The molecule has 1 N–H and O–H groups in total. The summed E-state index contributed by atoms with van der Waals surface area (Å²) >= 11 is 0. The van der Waals surface area contributed by atoms with Crippen molar-refractivity contribution >= 4 is 11.6 Å². The molecule has 1 unspecified atom stereocenters. The first kappa shape index (κ1) is 16.1. The van der Waals surface area contributed by atoms with Gasteiger partial charge in [-0.2, -0.15) is 10.1 Å². The first-order valence-electron chi connectivity index (χ1n) is 7.76. The minimum Gasteiger partial charge on any atom is -0.497 e. The molecule has 24 heavy (non-hydrogen) atoms. The van der Waals surface area contributed by atoms with E-state index in [1.54, 1.807) is 55.9 Å². The number of hydrogen-bond acceptors (Lipinski definition) is 5. The van der Waals surface area contributed by atoms with Crippen molar-refractivity contribution in [1.82, 2.24) is 9.99 Å². The van der Waals surface area contributed by atoms with Crippen molar-refractivity contribution in [3.05, 3.63) is 59.9 Å². The van der Waals surface area contributed by atoms with Crippen LogP contribution < -0.4 is 4.74 Å². The molecule has 0 spiro atoms. The Morgan fingerprint density at radius 1 is 1.25 bits per heavy atom. The lowest BCUT2D eigenvalue weighted by Crippen LogP contribution is -2.43. The van der Waals surface area contributed by atoms with Gasteiger partial charge in [0, 0.05) is 35.7 Å². The average Bonchev–Trinajstić information content (AvgIpc) is 3.00. The van der Waals surface area contributed by atoms with Crippen LogP contribution in [0.3, 0.4) is 0 Å². The SMILES string of the molecule is CCC1=NN(C(=O)c2ccncc2)C(O)(c2ccc(OC)cc2)C1. The van der Waals surface area contributed by atoms with E-state index in [0.29, 0.717) is 23.3 Å². The molecule has 0 radical (unpaired) electrons. The van der Waals surface area contributed by atoms with Crippen molar-refractivity contribution in [1.29, 1.82) is 0 Å². The zero-order valence-electron chi connectivity index (χ0n) is 13.6. The lowest BCUT2D eigenvalue weighted by atomic mass is 9.96. The van der Waals surface area contributed by atoms with Gasteiger partial charge in [0.1, 0.15) is 5.75 Å². The number of benzene rings is 1. The molecule has 3 rings (SSSR count). The quantitative estimate of drug-likeness (QED) is 0.937. The van der Waals surface area contributed by atoms with Gasteiger partial charge in [-0.05, 0) is 30.7 Å². The standard InChI is InChI=1S/C18H19N3O3/c1-3-15-12-18(23,14-4-6-16(24-2)7-5-14)21(20-15)17(22)13-8-10-19-11-9-13/h4-11,23H,3,12H2,1-2H3. The van der Waals surface area contributed by atoms with Crippen LogP contribution in [-0.2, 0) is 5.72 Å². The van der Waals surface area contributed by atoms with Crippen molar-refractivity contribution in [2.75, 3.05) is 7.11 Å². The molecule has 124 valence electrons. The zero-order valence-corrected chi connectivity index (χ0v) is 13.6. The van der Waals surface area contributed by atoms with Crippen LogP contribution in [0.2, 0.25) is 0 Å². The molecule has 0 saturated heterocycles. The molecule has 0 saturated carbocycles. The third-order valence-corrected chi connectivity index (χ3v) is 4.12. The minimum atomic E-state index is -1.50. The summed E-state index contributed by atoms with van der Waals surface area (Å²) in [6, 6.07) is 10.2. The summed E-state index contributed by atoms with van der Waals surface area (Å²) < 4.78 is 5.15. The molecule has 2 aromatic rings. The van der Waals surface area contributed by atoms with Gasteiger partial charge in [-0.15, -0.1) is 0 Å². The second kappa shape index (κ2) is 6.41. The van der Waals surface area contributed by atoms with Crippen LogP contribution >= 0.6 is 0 Å². The Kier molecular flexibility index (Phi) is 4.31. The van der Waals surface area contributed by atoms with E-state index in [0.717, 1.165) is 5.71 Å². The van der Waals surface area contributed by atoms with Crippen molar-refractivity contribution in [2.24, 2.45) is 5.10 Å². The normalized spacial score (nSPS) is 20.0. The number of aliphatic hydroxyl groups is 1. The molecule has 1 amide bonds. The Balaban J connectivity index is 2.00. The lowest BCUT2D eigenvalue weighted by Gasteiger charge is -2.31. The Morgan fingerprint density at radius 2 is 1.92 bits per heavy atom. The van der Waals surface area contributed by atoms with E-state index in [1.165, 1.54) is 5.01 Å². The number of nitrogens with zero attached hydrogens (tertiary/aromatic N) is 3. The van der Waals surface area contributed by atoms with E-state index in [-0.39, 0.29) is 12.3 Å². The maximum atomic E-state index is 12.8. The number of aromatic nitrogens is 1. The van der Waals surface area contributed by atoms with E-state index in [9.17, 15) is 9.90 Å². The minimum absolute atomic E-state index is 0.284. The van der Waals surface area contributed by atoms with Gasteiger partial charge in [-0.1, -0.05) is 19.1 Å². The molecule has 1 aromatic heterocycles. The number of hydrogen-bond donors (Lipinski definition) is 1. The van der Waals surface area contributed by atoms with E-state index in [2.05, 4.69) is 10.1 Å². The van der Waals surface area contributed by atoms with Crippen molar-refractivity contribution in [2.45, 2.75) is 25.5 Å². The van der Waals surface area contributed by atoms with Gasteiger partial charge in [0.2, 0.25) is 0 Å². The summed E-state index contributed by atoms with van der Waals surface area (Å²) in [6.07, 6.45) is 4.03. The first-order chi connectivity index (χ1) is 11.6. The Bertz CT molecular complexity index is 759. The number of pyridine rings is 1. The first-order valence-corrected chi connectivity index (χ1v) is 7.76. The van der Waals surface area contributed by atoms with Crippen LogP contribution in [0.5, 0.6) is 5.75 Å². The van der Waals surface area contributed by atoms with Gasteiger partial charge in [0.05, 0.1) is 7.11 Å². The van der Waals surface area contributed by atoms with Gasteiger partial charge in [0.25, 0.3) is 5.91 Å². The topological polar surface area (TPSA) is 75.0 Å².